The standard InChI is InChI=1S/C39H43N3O5/c1-6-8-11-28-14-17-30(18-15-28)38(43)41(25-24-29-16-23-35(45-4)36(26-29)46-5)27(3)37-40-34-13-10-9-12-33(34)39(44)42(37)31-19-21-32(22-20-31)47-7-2/h9-10,12-23,26-27H,6-8,11,24-25H2,1-5H3. The Morgan fingerprint density at radius 3 is 2.23 bits per heavy atom. The zero-order chi connectivity index (χ0) is 33.3. The minimum atomic E-state index is -0.564. The lowest BCUT2D eigenvalue weighted by atomic mass is 10.0. The fourth-order valence-corrected chi connectivity index (χ4v) is 5.79. The van der Waals surface area contributed by atoms with Crippen molar-refractivity contribution in [2.45, 2.75) is 52.5 Å². The van der Waals surface area contributed by atoms with Crippen LogP contribution in [-0.2, 0) is 12.8 Å². The third-order valence-corrected chi connectivity index (χ3v) is 8.42. The lowest BCUT2D eigenvalue weighted by Crippen LogP contribution is -2.38. The molecule has 0 radical (unpaired) electrons. The first-order chi connectivity index (χ1) is 22.9. The van der Waals surface area contributed by atoms with Crippen LogP contribution in [0.2, 0.25) is 0 Å². The number of amides is 1. The van der Waals surface area contributed by atoms with Crippen molar-refractivity contribution in [2.75, 3.05) is 27.4 Å². The van der Waals surface area contributed by atoms with E-state index in [-0.39, 0.29) is 11.5 Å². The summed E-state index contributed by atoms with van der Waals surface area (Å²) in [6, 6.07) is 27.8. The Kier molecular flexibility index (Phi) is 10.9. The summed E-state index contributed by atoms with van der Waals surface area (Å²) in [4.78, 5) is 35.3. The molecule has 1 aromatic heterocycles. The number of aryl methyl sites for hydroxylation is 1. The fraction of sp³-hybridized carbons (Fsp3) is 0.308. The first-order valence-electron chi connectivity index (χ1n) is 16.2. The van der Waals surface area contributed by atoms with Crippen molar-refractivity contribution in [3.63, 3.8) is 0 Å². The highest BCUT2D eigenvalue weighted by atomic mass is 16.5. The second-order valence-corrected chi connectivity index (χ2v) is 11.5. The normalized spacial score (nSPS) is 11.7. The summed E-state index contributed by atoms with van der Waals surface area (Å²) in [7, 11) is 3.21. The van der Waals surface area contributed by atoms with Gasteiger partial charge in [0.25, 0.3) is 11.5 Å². The van der Waals surface area contributed by atoms with E-state index >= 15 is 0 Å². The second-order valence-electron chi connectivity index (χ2n) is 11.5. The van der Waals surface area contributed by atoms with Gasteiger partial charge in [-0.25, -0.2) is 4.98 Å². The number of hydrogen-bond acceptors (Lipinski definition) is 6. The quantitative estimate of drug-likeness (QED) is 0.125. The number of nitrogens with zero attached hydrogens (tertiary/aromatic N) is 3. The summed E-state index contributed by atoms with van der Waals surface area (Å²) in [5.41, 5.74) is 3.79. The van der Waals surface area contributed by atoms with Crippen LogP contribution in [-0.4, -0.2) is 47.7 Å². The Labute approximate surface area is 276 Å². The smallest absolute Gasteiger partial charge is 0.266 e. The number of hydrogen-bond donors (Lipinski definition) is 0. The predicted molar refractivity (Wildman–Crippen MR) is 186 cm³/mol. The van der Waals surface area contributed by atoms with Gasteiger partial charge in [0, 0.05) is 12.1 Å². The van der Waals surface area contributed by atoms with Crippen molar-refractivity contribution < 1.29 is 19.0 Å². The molecule has 0 aliphatic carbocycles. The lowest BCUT2D eigenvalue weighted by molar-refractivity contribution is 0.0683. The molecule has 8 heteroatoms. The maximum atomic E-state index is 14.4. The van der Waals surface area contributed by atoms with Crippen molar-refractivity contribution >= 4 is 16.8 Å². The number of ether oxygens (including phenoxy) is 3. The van der Waals surface area contributed by atoms with Crippen LogP contribution in [0.3, 0.4) is 0 Å². The van der Waals surface area contributed by atoms with Gasteiger partial charge in [-0.05, 0) is 105 Å². The first kappa shape index (κ1) is 33.3. The molecule has 0 bridgehead atoms. The molecule has 0 aliphatic rings. The zero-order valence-corrected chi connectivity index (χ0v) is 27.9. The number of fused-ring (bicyclic) bond motifs is 1. The molecule has 0 N–H and O–H groups in total. The fourth-order valence-electron chi connectivity index (χ4n) is 5.79. The van der Waals surface area contributed by atoms with Crippen LogP contribution < -0.4 is 19.8 Å². The Balaban J connectivity index is 1.59. The van der Waals surface area contributed by atoms with Gasteiger partial charge in [0.2, 0.25) is 0 Å². The van der Waals surface area contributed by atoms with E-state index in [0.29, 0.717) is 64.8 Å². The minimum Gasteiger partial charge on any atom is -0.494 e. The Morgan fingerprint density at radius 1 is 0.851 bits per heavy atom. The summed E-state index contributed by atoms with van der Waals surface area (Å²) in [6.07, 6.45) is 3.72. The van der Waals surface area contributed by atoms with E-state index in [9.17, 15) is 9.59 Å². The number of methoxy groups -OCH3 is 2. The van der Waals surface area contributed by atoms with Crippen LogP contribution in [0.4, 0.5) is 0 Å². The molecule has 1 amide bonds. The van der Waals surface area contributed by atoms with Crippen molar-refractivity contribution in [1.29, 1.82) is 0 Å². The Morgan fingerprint density at radius 2 is 1.55 bits per heavy atom. The summed E-state index contributed by atoms with van der Waals surface area (Å²) in [6.45, 7) is 6.94. The molecule has 1 heterocycles. The van der Waals surface area contributed by atoms with Crippen LogP contribution in [0.5, 0.6) is 17.2 Å². The molecule has 4 aromatic carbocycles. The first-order valence-corrected chi connectivity index (χ1v) is 16.2. The molecule has 0 saturated heterocycles. The summed E-state index contributed by atoms with van der Waals surface area (Å²) in [5, 5.41) is 0.503. The van der Waals surface area contributed by atoms with Crippen molar-refractivity contribution in [2.24, 2.45) is 0 Å². The Hall–Kier alpha value is -5.11. The molecule has 0 spiro atoms. The molecule has 244 valence electrons. The van der Waals surface area contributed by atoms with Gasteiger partial charge < -0.3 is 19.1 Å². The van der Waals surface area contributed by atoms with Crippen LogP contribution in [0.25, 0.3) is 16.6 Å². The molecule has 0 fully saturated rings. The molecule has 8 nitrogen and oxygen atoms in total. The van der Waals surface area contributed by atoms with E-state index in [4.69, 9.17) is 19.2 Å². The largest absolute Gasteiger partial charge is 0.494 e. The van der Waals surface area contributed by atoms with Gasteiger partial charge >= 0.3 is 0 Å². The van der Waals surface area contributed by atoms with E-state index in [1.165, 1.54) is 5.56 Å². The monoisotopic (exact) mass is 633 g/mol. The number of carbonyl (C=O) groups excluding carboxylic acids is 1. The average Bonchev–Trinajstić information content (AvgIpc) is 3.11. The molecule has 0 aliphatic heterocycles. The highest BCUT2D eigenvalue weighted by molar-refractivity contribution is 5.94. The van der Waals surface area contributed by atoms with Crippen LogP contribution in [0.15, 0.2) is 95.8 Å². The minimum absolute atomic E-state index is 0.138. The maximum absolute atomic E-state index is 14.4. The third kappa shape index (κ3) is 7.49. The average molecular weight is 634 g/mol. The van der Waals surface area contributed by atoms with E-state index in [1.54, 1.807) is 29.8 Å². The number of benzene rings is 4. The van der Waals surface area contributed by atoms with Crippen LogP contribution >= 0.6 is 0 Å². The second kappa shape index (κ2) is 15.5. The van der Waals surface area contributed by atoms with Crippen LogP contribution in [0, 0.1) is 0 Å². The number of rotatable bonds is 14. The summed E-state index contributed by atoms with van der Waals surface area (Å²) >= 11 is 0. The number of unbranched alkanes of at least 4 members (excludes halogenated alkanes) is 1. The molecule has 0 saturated carbocycles. The highest BCUT2D eigenvalue weighted by Crippen LogP contribution is 2.30. The molecule has 5 rings (SSSR count). The molecule has 47 heavy (non-hydrogen) atoms. The van der Waals surface area contributed by atoms with E-state index in [0.717, 1.165) is 24.8 Å². The van der Waals surface area contributed by atoms with E-state index < -0.39 is 6.04 Å². The van der Waals surface area contributed by atoms with Crippen molar-refractivity contribution in [1.82, 2.24) is 14.5 Å². The van der Waals surface area contributed by atoms with Crippen LogP contribution in [0.1, 0.15) is 67.0 Å². The third-order valence-electron chi connectivity index (χ3n) is 8.42. The maximum Gasteiger partial charge on any atom is 0.266 e. The van der Waals surface area contributed by atoms with Gasteiger partial charge in [-0.1, -0.05) is 43.7 Å². The summed E-state index contributed by atoms with van der Waals surface area (Å²) in [5.74, 6) is 2.31. The Bertz CT molecular complexity index is 1870. The molecular weight excluding hydrogens is 590 g/mol. The van der Waals surface area contributed by atoms with Gasteiger partial charge in [0.05, 0.1) is 43.5 Å². The molecular formula is C39H43N3O5. The number of carbonyl (C=O) groups is 1. The van der Waals surface area contributed by atoms with Gasteiger partial charge in [-0.3, -0.25) is 14.2 Å². The van der Waals surface area contributed by atoms with E-state index in [2.05, 4.69) is 6.92 Å². The van der Waals surface area contributed by atoms with E-state index in [1.807, 2.05) is 98.8 Å². The lowest BCUT2D eigenvalue weighted by Gasteiger charge is -2.31. The van der Waals surface area contributed by atoms with Gasteiger partial charge in [-0.15, -0.1) is 0 Å². The highest BCUT2D eigenvalue weighted by Gasteiger charge is 2.28. The predicted octanol–water partition coefficient (Wildman–Crippen LogP) is 7.59. The zero-order valence-electron chi connectivity index (χ0n) is 27.9. The van der Waals surface area contributed by atoms with Gasteiger partial charge in [0.15, 0.2) is 11.5 Å². The van der Waals surface area contributed by atoms with Gasteiger partial charge in [0.1, 0.15) is 11.6 Å². The molecule has 1 atom stereocenters. The van der Waals surface area contributed by atoms with Crippen molar-refractivity contribution in [3.05, 3.63) is 124 Å². The summed E-state index contributed by atoms with van der Waals surface area (Å²) < 4.78 is 18.2. The number of para-hydroxylation sites is 1. The number of aromatic nitrogens is 2. The molecule has 1 unspecified atom stereocenters. The topological polar surface area (TPSA) is 82.9 Å². The van der Waals surface area contributed by atoms with Crippen molar-refractivity contribution in [3.8, 4) is 22.9 Å². The van der Waals surface area contributed by atoms with Gasteiger partial charge in [-0.2, -0.15) is 0 Å². The SMILES string of the molecule is CCCCc1ccc(C(=O)N(CCc2ccc(OC)c(OC)c2)C(C)c2nc3ccccc3c(=O)n2-c2ccc(OCC)cc2)cc1. The molecule has 5 aromatic rings.